The van der Waals surface area contributed by atoms with Crippen LogP contribution in [0.4, 0.5) is 0 Å². The fraction of sp³-hybridized carbons (Fsp3) is 0.579. The lowest BCUT2D eigenvalue weighted by molar-refractivity contribution is 0.694. The summed E-state index contributed by atoms with van der Waals surface area (Å²) in [5.74, 6) is 1.65. The van der Waals surface area contributed by atoms with Gasteiger partial charge in [-0.15, -0.1) is 4.94 Å². The van der Waals surface area contributed by atoms with Gasteiger partial charge in [-0.25, -0.2) is 0 Å². The molecule has 20 heavy (non-hydrogen) atoms. The van der Waals surface area contributed by atoms with Crippen molar-refractivity contribution in [3.63, 3.8) is 0 Å². The minimum atomic E-state index is -0.776. The van der Waals surface area contributed by atoms with Crippen LogP contribution in [0.3, 0.4) is 0 Å². The zero-order valence-corrected chi connectivity index (χ0v) is 15.6. The molecule has 0 aliphatic rings. The van der Waals surface area contributed by atoms with E-state index in [1.54, 1.807) is 0 Å². The normalized spacial score (nSPS) is 12.3. The number of allylic oxidation sites excluding steroid dienone is 1. The average molecular weight is 286 g/mol. The Kier molecular flexibility index (Phi) is 7.07. The van der Waals surface area contributed by atoms with Crippen LogP contribution in [0, 0.1) is 25.7 Å². The van der Waals surface area contributed by atoms with E-state index in [-0.39, 0.29) is 0 Å². The Bertz CT molecular complexity index is 445. The van der Waals surface area contributed by atoms with Crippen molar-refractivity contribution in [1.29, 1.82) is 0 Å². The van der Waals surface area contributed by atoms with Gasteiger partial charge in [0.25, 0.3) is 14.1 Å². The van der Waals surface area contributed by atoms with Gasteiger partial charge in [0.1, 0.15) is 0 Å². The highest BCUT2D eigenvalue weighted by Crippen LogP contribution is 2.23. The first-order valence-corrected chi connectivity index (χ1v) is 10.4. The van der Waals surface area contributed by atoms with Crippen LogP contribution in [-0.2, 0) is 0 Å². The second-order valence-corrected chi connectivity index (χ2v) is 9.98. The van der Waals surface area contributed by atoms with Crippen molar-refractivity contribution in [2.45, 2.75) is 59.0 Å². The maximum atomic E-state index is 2.65. The van der Waals surface area contributed by atoms with Crippen LogP contribution in [0.5, 0.6) is 0 Å². The molecule has 0 aromatic heterocycles. The molecule has 0 fully saturated rings. The predicted octanol–water partition coefficient (Wildman–Crippen LogP) is 6.05. The summed E-state index contributed by atoms with van der Waals surface area (Å²) in [5.41, 5.74) is 5.73. The van der Waals surface area contributed by atoms with Gasteiger partial charge < -0.3 is 0 Å². The molecule has 1 aromatic carbocycles. The maximum absolute atomic E-state index is 2.65. The van der Waals surface area contributed by atoms with Crippen molar-refractivity contribution in [2.75, 3.05) is 0 Å². The van der Waals surface area contributed by atoms with Gasteiger partial charge in [0, 0.05) is 0 Å². The van der Waals surface area contributed by atoms with Gasteiger partial charge in [-0.1, -0.05) is 79.4 Å². The van der Waals surface area contributed by atoms with Crippen molar-refractivity contribution in [3.05, 3.63) is 39.8 Å². The zero-order chi connectivity index (χ0) is 15.3. The fourth-order valence-electron chi connectivity index (χ4n) is 3.05. The minimum Gasteiger partial charge on any atom is -0.141 e. The Balaban J connectivity index is 2.99. The van der Waals surface area contributed by atoms with Gasteiger partial charge in [0.05, 0.1) is 0 Å². The summed E-state index contributed by atoms with van der Waals surface area (Å²) in [7, 11) is 0. The van der Waals surface area contributed by atoms with E-state index in [1.165, 1.54) is 32.8 Å². The molecule has 0 amide bonds. The van der Waals surface area contributed by atoms with Crippen LogP contribution in [0.2, 0.25) is 10.6 Å². The molecule has 1 heteroatoms. The van der Waals surface area contributed by atoms with Crippen molar-refractivity contribution >= 4 is 19.7 Å². The molecule has 0 aliphatic heterocycles. The highest BCUT2D eigenvalue weighted by molar-refractivity contribution is 6.65. The maximum Gasteiger partial charge on any atom is 0.295 e. The fourth-order valence-corrected chi connectivity index (χ4v) is 6.82. The Labute approximate surface area is 130 Å². The van der Waals surface area contributed by atoms with Crippen LogP contribution >= 0.6 is 0 Å². The third-order valence-corrected chi connectivity index (χ3v) is 7.92. The van der Waals surface area contributed by atoms with E-state index in [0.717, 1.165) is 11.8 Å². The van der Waals surface area contributed by atoms with Crippen LogP contribution < -0.4 is 0 Å². The van der Waals surface area contributed by atoms with E-state index in [1.807, 2.05) is 0 Å². The van der Waals surface area contributed by atoms with Gasteiger partial charge >= 0.3 is 0 Å². The Hall–Kier alpha value is -0.508. The molecule has 110 valence electrons. The van der Waals surface area contributed by atoms with Crippen LogP contribution in [0.1, 0.15) is 51.3 Å². The minimum absolute atomic E-state index is 0.776. The lowest BCUT2D eigenvalue weighted by Crippen LogP contribution is -2.15. The summed E-state index contributed by atoms with van der Waals surface area (Å²) < 4.78 is 0. The van der Waals surface area contributed by atoms with Crippen LogP contribution in [0.15, 0.2) is 23.1 Å². The smallest absolute Gasteiger partial charge is 0.141 e. The lowest BCUT2D eigenvalue weighted by atomic mass is 10.0. The molecule has 0 saturated heterocycles. The second kappa shape index (κ2) is 8.06. The van der Waals surface area contributed by atoms with Gasteiger partial charge in [0.15, 0.2) is 0 Å². The SMILES string of the molecule is CC(=[CH][Al]([CH2]C(C)C)[CH2]C(C)C)c1cc(C)ccc1C. The quantitative estimate of drug-likeness (QED) is 0.558. The summed E-state index contributed by atoms with van der Waals surface area (Å²) in [6.07, 6.45) is 0. The van der Waals surface area contributed by atoms with E-state index < -0.39 is 14.1 Å². The third-order valence-electron chi connectivity index (χ3n) is 3.85. The molecular weight excluding hydrogens is 255 g/mol. The first-order chi connectivity index (χ1) is 9.29. The molecule has 0 spiro atoms. The predicted molar refractivity (Wildman–Crippen MR) is 94.6 cm³/mol. The molecule has 0 heterocycles. The van der Waals surface area contributed by atoms with E-state index in [4.69, 9.17) is 0 Å². The second-order valence-electron chi connectivity index (χ2n) is 7.19. The molecule has 1 rings (SSSR count). The van der Waals surface area contributed by atoms with E-state index in [9.17, 15) is 0 Å². The molecule has 0 saturated carbocycles. The first-order valence-electron chi connectivity index (χ1n) is 8.05. The topological polar surface area (TPSA) is 0 Å². The van der Waals surface area contributed by atoms with Gasteiger partial charge in [-0.05, 0) is 31.9 Å². The molecule has 0 atom stereocenters. The Morgan fingerprint density at radius 1 is 1.05 bits per heavy atom. The summed E-state index contributed by atoms with van der Waals surface area (Å²) in [6.45, 7) is 16.2. The molecular formula is C19H31Al. The van der Waals surface area contributed by atoms with Crippen molar-refractivity contribution in [3.8, 4) is 0 Å². The lowest BCUT2D eigenvalue weighted by Gasteiger charge is -2.15. The molecule has 0 bridgehead atoms. The standard InChI is InChI=1S/C11H13.2C4H9.Al/c1-8(2)11-7-9(3)5-6-10(11)4;2*1-4(2)3;/h1,5-7H,2-4H3;2*4H,1H2,2-3H3;. The van der Waals surface area contributed by atoms with Crippen LogP contribution in [0.25, 0.3) is 5.57 Å². The molecule has 0 unspecified atom stereocenters. The van der Waals surface area contributed by atoms with Crippen molar-refractivity contribution in [1.82, 2.24) is 0 Å². The number of hydrogen-bond donors (Lipinski definition) is 0. The van der Waals surface area contributed by atoms with E-state index in [0.29, 0.717) is 0 Å². The Morgan fingerprint density at radius 3 is 2.10 bits per heavy atom. The number of rotatable bonds is 6. The number of aryl methyl sites for hydroxylation is 2. The molecule has 0 nitrogen and oxygen atoms in total. The molecule has 0 radical (unpaired) electrons. The van der Waals surface area contributed by atoms with Gasteiger partial charge in [0.2, 0.25) is 0 Å². The van der Waals surface area contributed by atoms with Crippen molar-refractivity contribution in [2.24, 2.45) is 11.8 Å². The highest BCUT2D eigenvalue weighted by atomic mass is 27.2. The monoisotopic (exact) mass is 286 g/mol. The largest absolute Gasteiger partial charge is 0.295 e. The zero-order valence-electron chi connectivity index (χ0n) is 14.5. The molecule has 1 aromatic rings. The van der Waals surface area contributed by atoms with E-state index >= 15 is 0 Å². The molecule has 0 aliphatic carbocycles. The van der Waals surface area contributed by atoms with Gasteiger partial charge in [-0.2, -0.15) is 0 Å². The third kappa shape index (κ3) is 5.86. The molecule has 0 N–H and O–H groups in total. The summed E-state index contributed by atoms with van der Waals surface area (Å²) in [6, 6.07) is 6.81. The summed E-state index contributed by atoms with van der Waals surface area (Å²) >= 11 is -0.776. The first kappa shape index (κ1) is 17.5. The van der Waals surface area contributed by atoms with Gasteiger partial charge in [-0.3, -0.25) is 0 Å². The Morgan fingerprint density at radius 2 is 1.60 bits per heavy atom. The van der Waals surface area contributed by atoms with Crippen LogP contribution in [-0.4, -0.2) is 14.1 Å². The highest BCUT2D eigenvalue weighted by Gasteiger charge is 2.18. The average Bonchev–Trinajstić information content (AvgIpc) is 2.30. The number of hydrogen-bond acceptors (Lipinski definition) is 0. The van der Waals surface area contributed by atoms with Crippen molar-refractivity contribution < 1.29 is 0 Å². The number of benzene rings is 1. The summed E-state index contributed by atoms with van der Waals surface area (Å²) in [4.78, 5) is 2.65. The van der Waals surface area contributed by atoms with E-state index in [2.05, 4.69) is 71.6 Å². The summed E-state index contributed by atoms with van der Waals surface area (Å²) in [5, 5.41) is 2.86.